The highest BCUT2D eigenvalue weighted by Crippen LogP contribution is 2.19. The molecule has 0 aliphatic carbocycles. The summed E-state index contributed by atoms with van der Waals surface area (Å²) >= 11 is 0. The van der Waals surface area contributed by atoms with Crippen molar-refractivity contribution in [3.05, 3.63) is 12.4 Å². The summed E-state index contributed by atoms with van der Waals surface area (Å²) in [6.07, 6.45) is 50.2. The fraction of sp³-hybridized carbons (Fsp3) is 0.949. The smallest absolute Gasteiger partial charge is 0.0977 e. The highest BCUT2D eigenvalue weighted by atomic mass is 15.4. The van der Waals surface area contributed by atoms with E-state index < -0.39 is 0 Å². The summed E-state index contributed by atoms with van der Waals surface area (Å²) in [5, 5.41) is 0. The molecule has 1 unspecified atom stereocenters. The molecular formula is C39H78N2. The molecule has 0 bridgehead atoms. The summed E-state index contributed by atoms with van der Waals surface area (Å²) in [6, 6.07) is 0. The quantitative estimate of drug-likeness (QED) is 0.0719. The Hall–Kier alpha value is -0.660. The average Bonchev–Trinajstić information content (AvgIpc) is 3.33. The third-order valence-corrected chi connectivity index (χ3v) is 9.70. The zero-order valence-electron chi connectivity index (χ0n) is 29.0. The minimum absolute atomic E-state index is 0.568. The van der Waals surface area contributed by atoms with Gasteiger partial charge in [-0.05, 0) is 19.8 Å². The van der Waals surface area contributed by atoms with Gasteiger partial charge in [0.05, 0.1) is 6.17 Å². The van der Waals surface area contributed by atoms with Crippen LogP contribution in [0.4, 0.5) is 0 Å². The molecule has 1 rings (SSSR count). The highest BCUT2D eigenvalue weighted by molar-refractivity contribution is 4.95. The minimum atomic E-state index is 0.568. The lowest BCUT2D eigenvalue weighted by molar-refractivity contribution is 0.165. The van der Waals surface area contributed by atoms with Gasteiger partial charge < -0.3 is 9.80 Å². The number of unbranched alkanes of at least 4 members (excludes halogenated alkanes) is 29. The van der Waals surface area contributed by atoms with Crippen molar-refractivity contribution in [2.75, 3.05) is 13.1 Å². The van der Waals surface area contributed by atoms with Gasteiger partial charge in [0.25, 0.3) is 0 Å². The lowest BCUT2D eigenvalue weighted by Crippen LogP contribution is -2.36. The summed E-state index contributed by atoms with van der Waals surface area (Å²) < 4.78 is 0. The summed E-state index contributed by atoms with van der Waals surface area (Å²) in [4.78, 5) is 5.16. The van der Waals surface area contributed by atoms with Crippen molar-refractivity contribution >= 4 is 0 Å². The molecule has 0 radical (unpaired) electrons. The van der Waals surface area contributed by atoms with Gasteiger partial charge in [-0.25, -0.2) is 0 Å². The van der Waals surface area contributed by atoms with Crippen LogP contribution in [0.25, 0.3) is 0 Å². The zero-order chi connectivity index (χ0) is 29.5. The van der Waals surface area contributed by atoms with Crippen molar-refractivity contribution in [1.82, 2.24) is 9.80 Å². The maximum Gasteiger partial charge on any atom is 0.0977 e. The Balaban J connectivity index is 1.80. The predicted molar refractivity (Wildman–Crippen MR) is 186 cm³/mol. The first kappa shape index (κ1) is 38.4. The fourth-order valence-corrected chi connectivity index (χ4v) is 6.64. The lowest BCUT2D eigenvalue weighted by atomic mass is 10.0. The third kappa shape index (κ3) is 24.5. The van der Waals surface area contributed by atoms with E-state index in [9.17, 15) is 0 Å². The van der Waals surface area contributed by atoms with Crippen LogP contribution in [0, 0.1) is 0 Å². The number of hydrogen-bond donors (Lipinski definition) is 0. The van der Waals surface area contributed by atoms with Crippen LogP contribution >= 0.6 is 0 Å². The number of rotatable bonds is 33. The molecule has 0 spiro atoms. The first-order chi connectivity index (χ1) is 20.3. The van der Waals surface area contributed by atoms with Crippen molar-refractivity contribution < 1.29 is 0 Å². The highest BCUT2D eigenvalue weighted by Gasteiger charge is 2.20. The van der Waals surface area contributed by atoms with Gasteiger partial charge >= 0.3 is 0 Å². The predicted octanol–water partition coefficient (Wildman–Crippen LogP) is 13.6. The summed E-state index contributed by atoms with van der Waals surface area (Å²) in [6.45, 7) is 9.50. The molecule has 0 aromatic heterocycles. The van der Waals surface area contributed by atoms with Crippen molar-refractivity contribution in [2.45, 2.75) is 226 Å². The second-order valence-electron chi connectivity index (χ2n) is 13.7. The topological polar surface area (TPSA) is 6.48 Å². The van der Waals surface area contributed by atoms with E-state index in [2.05, 4.69) is 43.0 Å². The van der Waals surface area contributed by atoms with E-state index in [-0.39, 0.29) is 0 Å². The zero-order valence-corrected chi connectivity index (χ0v) is 29.0. The molecule has 41 heavy (non-hydrogen) atoms. The molecule has 0 amide bonds. The van der Waals surface area contributed by atoms with Crippen LogP contribution < -0.4 is 0 Å². The molecule has 0 saturated heterocycles. The molecule has 1 aliphatic heterocycles. The molecule has 0 saturated carbocycles. The average molecular weight is 575 g/mol. The standard InChI is InChI=1S/C39H78N2/c1-4-6-8-10-12-14-16-18-20-22-24-26-28-30-32-34-36-41-38-37-40(39(41)3)35-33-31-29-27-25-23-21-19-17-15-13-11-9-7-5-2/h37-39H,4-36H2,1-3H3. The Labute approximate surface area is 260 Å². The van der Waals surface area contributed by atoms with E-state index in [1.165, 1.54) is 212 Å². The van der Waals surface area contributed by atoms with Crippen molar-refractivity contribution in [1.29, 1.82) is 0 Å². The second-order valence-corrected chi connectivity index (χ2v) is 13.7. The second kappa shape index (κ2) is 30.8. The van der Waals surface area contributed by atoms with E-state index in [1.54, 1.807) is 0 Å². The first-order valence-electron chi connectivity index (χ1n) is 19.5. The lowest BCUT2D eigenvalue weighted by Gasteiger charge is -2.30. The molecule has 1 atom stereocenters. The molecule has 0 fully saturated rings. The monoisotopic (exact) mass is 575 g/mol. The van der Waals surface area contributed by atoms with Gasteiger partial charge in [-0.15, -0.1) is 0 Å². The molecule has 0 aromatic rings. The van der Waals surface area contributed by atoms with Crippen molar-refractivity contribution in [3.63, 3.8) is 0 Å². The summed E-state index contributed by atoms with van der Waals surface area (Å²) in [5.74, 6) is 0. The summed E-state index contributed by atoms with van der Waals surface area (Å²) in [7, 11) is 0. The molecule has 244 valence electrons. The van der Waals surface area contributed by atoms with Gasteiger partial charge in [-0.1, -0.05) is 200 Å². The molecular weight excluding hydrogens is 496 g/mol. The van der Waals surface area contributed by atoms with Gasteiger partial charge in [0.15, 0.2) is 0 Å². The van der Waals surface area contributed by atoms with E-state index >= 15 is 0 Å². The van der Waals surface area contributed by atoms with Gasteiger partial charge in [0, 0.05) is 25.5 Å². The Bertz CT molecular complexity index is 530. The van der Waals surface area contributed by atoms with Crippen LogP contribution in [0.1, 0.15) is 220 Å². The van der Waals surface area contributed by atoms with Gasteiger partial charge in [0.1, 0.15) is 0 Å². The molecule has 2 heteroatoms. The van der Waals surface area contributed by atoms with Crippen LogP contribution in [0.15, 0.2) is 12.4 Å². The molecule has 0 N–H and O–H groups in total. The molecule has 2 nitrogen and oxygen atoms in total. The van der Waals surface area contributed by atoms with E-state index in [0.29, 0.717) is 6.17 Å². The van der Waals surface area contributed by atoms with Crippen molar-refractivity contribution in [2.24, 2.45) is 0 Å². The number of nitrogens with zero attached hydrogens (tertiary/aromatic N) is 2. The van der Waals surface area contributed by atoms with E-state index in [0.717, 1.165) is 0 Å². The largest absolute Gasteiger partial charge is 0.356 e. The maximum absolute atomic E-state index is 2.58. The summed E-state index contributed by atoms with van der Waals surface area (Å²) in [5.41, 5.74) is 0. The van der Waals surface area contributed by atoms with Crippen LogP contribution in [-0.4, -0.2) is 29.1 Å². The molecule has 1 aliphatic rings. The molecule has 1 heterocycles. The van der Waals surface area contributed by atoms with E-state index in [4.69, 9.17) is 0 Å². The van der Waals surface area contributed by atoms with Gasteiger partial charge in [-0.3, -0.25) is 0 Å². The van der Waals surface area contributed by atoms with E-state index in [1.807, 2.05) is 0 Å². The van der Waals surface area contributed by atoms with Crippen LogP contribution in [-0.2, 0) is 0 Å². The first-order valence-corrected chi connectivity index (χ1v) is 19.5. The molecule has 0 aromatic carbocycles. The van der Waals surface area contributed by atoms with Crippen LogP contribution in [0.3, 0.4) is 0 Å². The third-order valence-electron chi connectivity index (χ3n) is 9.70. The number of hydrogen-bond acceptors (Lipinski definition) is 2. The van der Waals surface area contributed by atoms with Gasteiger partial charge in [0.2, 0.25) is 0 Å². The van der Waals surface area contributed by atoms with Crippen molar-refractivity contribution in [3.8, 4) is 0 Å². The fourth-order valence-electron chi connectivity index (χ4n) is 6.64. The Morgan fingerprint density at radius 1 is 0.317 bits per heavy atom. The van der Waals surface area contributed by atoms with Gasteiger partial charge in [-0.2, -0.15) is 0 Å². The Morgan fingerprint density at radius 3 is 0.732 bits per heavy atom. The minimum Gasteiger partial charge on any atom is -0.356 e. The van der Waals surface area contributed by atoms with Crippen LogP contribution in [0.5, 0.6) is 0 Å². The Kier molecular flexibility index (Phi) is 28.8. The maximum atomic E-state index is 2.58. The SMILES string of the molecule is CCCCCCCCCCCCCCCCCCN1C=CN(CCCCCCCCCCCCCCCCC)C1C. The normalized spacial score (nSPS) is 15.0. The van der Waals surface area contributed by atoms with Crippen LogP contribution in [0.2, 0.25) is 0 Å². The Morgan fingerprint density at radius 2 is 0.512 bits per heavy atom.